The molecule has 0 N–H and O–H groups in total. The molecular formula is C15H14ClF3N2O2S. The summed E-state index contributed by atoms with van der Waals surface area (Å²) < 4.78 is 65.2. The van der Waals surface area contributed by atoms with Crippen LogP contribution in [0.2, 0.25) is 5.02 Å². The fourth-order valence-corrected chi connectivity index (χ4v) is 3.59. The summed E-state index contributed by atoms with van der Waals surface area (Å²) in [5.74, 6) is 0. The molecule has 0 saturated heterocycles. The highest BCUT2D eigenvalue weighted by molar-refractivity contribution is 7.89. The molecule has 0 aliphatic heterocycles. The first-order valence-electron chi connectivity index (χ1n) is 6.85. The summed E-state index contributed by atoms with van der Waals surface area (Å²) in [6.45, 7) is -0.000724. The number of benzene rings is 1. The average molecular weight is 379 g/mol. The number of pyridine rings is 1. The highest BCUT2D eigenvalue weighted by atomic mass is 35.5. The summed E-state index contributed by atoms with van der Waals surface area (Å²) in [6.07, 6.45) is -2.98. The van der Waals surface area contributed by atoms with Crippen LogP contribution in [0.25, 0.3) is 0 Å². The van der Waals surface area contributed by atoms with Crippen LogP contribution in [-0.4, -0.2) is 31.3 Å². The molecule has 0 radical (unpaired) electrons. The SMILES string of the molecule is CN(CCc1ccccn1)S(=O)(=O)c1ccc(Cl)cc1C(F)(F)F. The molecule has 0 bridgehead atoms. The van der Waals surface area contributed by atoms with E-state index in [0.717, 1.165) is 16.4 Å². The van der Waals surface area contributed by atoms with Crippen LogP contribution < -0.4 is 0 Å². The molecule has 0 aliphatic carbocycles. The standard InChI is InChI=1S/C15H14ClF3N2O2S/c1-21(9-7-12-4-2-3-8-20-12)24(22,23)14-6-5-11(16)10-13(14)15(17,18)19/h2-6,8,10H,7,9H2,1H3. The number of rotatable bonds is 5. The van der Waals surface area contributed by atoms with E-state index in [1.165, 1.54) is 7.05 Å². The summed E-state index contributed by atoms with van der Waals surface area (Å²) in [7, 11) is -3.08. The van der Waals surface area contributed by atoms with Crippen molar-refractivity contribution in [2.45, 2.75) is 17.5 Å². The number of nitrogens with zero attached hydrogens (tertiary/aromatic N) is 2. The first kappa shape index (κ1) is 18.7. The van der Waals surface area contributed by atoms with Gasteiger partial charge >= 0.3 is 6.18 Å². The predicted octanol–water partition coefficient (Wildman–Crippen LogP) is 3.62. The van der Waals surface area contributed by atoms with Crippen LogP contribution in [-0.2, 0) is 22.6 Å². The Morgan fingerprint density at radius 1 is 1.21 bits per heavy atom. The van der Waals surface area contributed by atoms with E-state index in [2.05, 4.69) is 4.98 Å². The minimum atomic E-state index is -4.82. The number of likely N-dealkylation sites (N-methyl/N-ethyl adjacent to an activating group) is 1. The molecule has 24 heavy (non-hydrogen) atoms. The van der Waals surface area contributed by atoms with Crippen LogP contribution in [0.15, 0.2) is 47.5 Å². The molecule has 1 aromatic carbocycles. The molecule has 9 heteroatoms. The molecule has 0 spiro atoms. The quantitative estimate of drug-likeness (QED) is 0.798. The number of sulfonamides is 1. The van der Waals surface area contributed by atoms with Gasteiger partial charge in [0.05, 0.1) is 10.5 Å². The minimum Gasteiger partial charge on any atom is -0.261 e. The number of hydrogen-bond donors (Lipinski definition) is 0. The summed E-state index contributed by atoms with van der Waals surface area (Å²) in [5, 5.41) is -0.183. The lowest BCUT2D eigenvalue weighted by molar-refractivity contribution is -0.139. The van der Waals surface area contributed by atoms with Gasteiger partial charge in [-0.3, -0.25) is 4.98 Å². The first-order valence-corrected chi connectivity index (χ1v) is 8.67. The Kier molecular flexibility index (Phi) is 5.52. The minimum absolute atomic E-state index is 0.000724. The predicted molar refractivity (Wildman–Crippen MR) is 84.2 cm³/mol. The van der Waals surface area contributed by atoms with Crippen molar-refractivity contribution in [1.82, 2.24) is 9.29 Å². The van der Waals surface area contributed by atoms with Crippen LogP contribution in [0.4, 0.5) is 13.2 Å². The third-order valence-corrected chi connectivity index (χ3v) is 5.49. The molecule has 1 aromatic heterocycles. The van der Waals surface area contributed by atoms with Crippen molar-refractivity contribution in [3.8, 4) is 0 Å². The second-order valence-electron chi connectivity index (χ2n) is 5.04. The van der Waals surface area contributed by atoms with Crippen LogP contribution >= 0.6 is 11.6 Å². The zero-order valence-electron chi connectivity index (χ0n) is 12.6. The zero-order valence-corrected chi connectivity index (χ0v) is 14.2. The third kappa shape index (κ3) is 4.25. The molecular weight excluding hydrogens is 365 g/mol. The molecule has 0 aliphatic rings. The molecule has 2 rings (SSSR count). The summed E-state index contributed by atoms with van der Waals surface area (Å²) >= 11 is 5.58. The summed E-state index contributed by atoms with van der Waals surface area (Å²) in [5.41, 5.74) is -0.633. The van der Waals surface area contributed by atoms with Gasteiger partial charge in [0, 0.05) is 36.9 Å². The number of aromatic nitrogens is 1. The summed E-state index contributed by atoms with van der Waals surface area (Å²) in [4.78, 5) is 3.24. The fourth-order valence-electron chi connectivity index (χ4n) is 2.05. The maximum Gasteiger partial charge on any atom is 0.417 e. The van der Waals surface area contributed by atoms with Crippen molar-refractivity contribution < 1.29 is 21.6 Å². The van der Waals surface area contributed by atoms with Crippen molar-refractivity contribution in [1.29, 1.82) is 0 Å². The second kappa shape index (κ2) is 7.08. The van der Waals surface area contributed by atoms with Gasteiger partial charge in [-0.15, -0.1) is 0 Å². The fraction of sp³-hybridized carbons (Fsp3) is 0.267. The van der Waals surface area contributed by atoms with Gasteiger partial charge in [-0.2, -0.15) is 13.2 Å². The molecule has 2 aromatic rings. The van der Waals surface area contributed by atoms with E-state index in [0.29, 0.717) is 11.8 Å². The van der Waals surface area contributed by atoms with Gasteiger partial charge in [0.15, 0.2) is 0 Å². The Labute approximate surface area is 142 Å². The van der Waals surface area contributed by atoms with E-state index in [4.69, 9.17) is 11.6 Å². The van der Waals surface area contributed by atoms with Gasteiger partial charge in [-0.05, 0) is 30.3 Å². The molecule has 4 nitrogen and oxygen atoms in total. The monoisotopic (exact) mass is 378 g/mol. The number of hydrogen-bond acceptors (Lipinski definition) is 3. The number of alkyl halides is 3. The van der Waals surface area contributed by atoms with E-state index >= 15 is 0 Å². The van der Waals surface area contributed by atoms with E-state index in [9.17, 15) is 21.6 Å². The Bertz CT molecular complexity index is 811. The highest BCUT2D eigenvalue weighted by Gasteiger charge is 2.38. The lowest BCUT2D eigenvalue weighted by Crippen LogP contribution is -2.31. The van der Waals surface area contributed by atoms with Crippen molar-refractivity contribution in [3.05, 3.63) is 58.9 Å². The molecule has 0 atom stereocenters. The first-order chi connectivity index (χ1) is 11.1. The lowest BCUT2D eigenvalue weighted by atomic mass is 10.2. The van der Waals surface area contributed by atoms with Gasteiger partial charge in [-0.1, -0.05) is 17.7 Å². The second-order valence-corrected chi connectivity index (χ2v) is 7.49. The van der Waals surface area contributed by atoms with Crippen LogP contribution in [0.1, 0.15) is 11.3 Å². The van der Waals surface area contributed by atoms with E-state index < -0.39 is 26.7 Å². The molecule has 0 amide bonds. The van der Waals surface area contributed by atoms with Crippen molar-refractivity contribution in [2.24, 2.45) is 0 Å². The molecule has 1 heterocycles. The lowest BCUT2D eigenvalue weighted by Gasteiger charge is -2.20. The molecule has 0 saturated carbocycles. The van der Waals surface area contributed by atoms with Crippen molar-refractivity contribution in [2.75, 3.05) is 13.6 Å². The number of halogens is 4. The molecule has 130 valence electrons. The highest BCUT2D eigenvalue weighted by Crippen LogP contribution is 2.36. The third-order valence-electron chi connectivity index (χ3n) is 3.34. The van der Waals surface area contributed by atoms with Crippen molar-refractivity contribution >= 4 is 21.6 Å². The van der Waals surface area contributed by atoms with Gasteiger partial charge in [0.2, 0.25) is 10.0 Å². The Balaban J connectivity index is 2.30. The molecule has 0 fully saturated rings. The van der Waals surface area contributed by atoms with E-state index in [-0.39, 0.29) is 18.0 Å². The Hall–Kier alpha value is -1.64. The van der Waals surface area contributed by atoms with Gasteiger partial charge < -0.3 is 0 Å². The normalized spacial score (nSPS) is 12.6. The van der Waals surface area contributed by atoms with E-state index in [1.807, 2.05) is 0 Å². The largest absolute Gasteiger partial charge is 0.417 e. The zero-order chi connectivity index (χ0) is 18.0. The maximum atomic E-state index is 13.1. The topological polar surface area (TPSA) is 50.3 Å². The van der Waals surface area contributed by atoms with Crippen LogP contribution in [0.3, 0.4) is 0 Å². The smallest absolute Gasteiger partial charge is 0.261 e. The Morgan fingerprint density at radius 2 is 1.92 bits per heavy atom. The average Bonchev–Trinajstić information content (AvgIpc) is 2.52. The Morgan fingerprint density at radius 3 is 2.50 bits per heavy atom. The maximum absolute atomic E-state index is 13.1. The van der Waals surface area contributed by atoms with Crippen molar-refractivity contribution in [3.63, 3.8) is 0 Å². The van der Waals surface area contributed by atoms with Gasteiger partial charge in [-0.25, -0.2) is 12.7 Å². The van der Waals surface area contributed by atoms with Gasteiger partial charge in [0.1, 0.15) is 0 Å². The summed E-state index contributed by atoms with van der Waals surface area (Å²) in [6, 6.07) is 7.78. The molecule has 0 unspecified atom stereocenters. The van der Waals surface area contributed by atoms with Crippen LogP contribution in [0.5, 0.6) is 0 Å². The van der Waals surface area contributed by atoms with E-state index in [1.54, 1.807) is 24.4 Å². The van der Waals surface area contributed by atoms with Crippen LogP contribution in [0, 0.1) is 0 Å². The van der Waals surface area contributed by atoms with Gasteiger partial charge in [0.25, 0.3) is 0 Å².